The Balaban J connectivity index is 3.62. The molecule has 0 amide bonds. The zero-order valence-corrected chi connectivity index (χ0v) is 11.1. The van der Waals surface area contributed by atoms with Crippen molar-refractivity contribution in [3.63, 3.8) is 0 Å². The number of unbranched alkanes of at least 4 members (excludes halogenated alkanes) is 1. The third-order valence-electron chi connectivity index (χ3n) is 1.83. The summed E-state index contributed by atoms with van der Waals surface area (Å²) in [4.78, 5) is 11.3. The normalized spacial score (nSPS) is 13.3. The molecule has 0 heterocycles. The van der Waals surface area contributed by atoms with Crippen LogP contribution in [0.5, 0.6) is 0 Å². The van der Waals surface area contributed by atoms with Crippen molar-refractivity contribution in [3.8, 4) is 0 Å². The van der Waals surface area contributed by atoms with E-state index in [1.54, 1.807) is 0 Å². The molecule has 0 spiro atoms. The molecule has 0 aromatic carbocycles. The van der Waals surface area contributed by atoms with E-state index in [0.29, 0.717) is 6.54 Å². The van der Waals surface area contributed by atoms with Gasteiger partial charge in [0.15, 0.2) is 0 Å². The van der Waals surface area contributed by atoms with E-state index in [-0.39, 0.29) is 6.10 Å². The summed E-state index contributed by atoms with van der Waals surface area (Å²) in [5.74, 6) is 0. The summed E-state index contributed by atoms with van der Waals surface area (Å²) < 4.78 is 10.1. The van der Waals surface area contributed by atoms with Gasteiger partial charge in [-0.05, 0) is 40.7 Å². The van der Waals surface area contributed by atoms with E-state index < -0.39 is 11.8 Å². The van der Waals surface area contributed by atoms with Crippen molar-refractivity contribution in [2.75, 3.05) is 13.1 Å². The van der Waals surface area contributed by atoms with Gasteiger partial charge < -0.3 is 14.8 Å². The first-order valence-corrected chi connectivity index (χ1v) is 5.95. The molecule has 0 saturated heterocycles. The molecule has 0 aliphatic carbocycles. The van der Waals surface area contributed by atoms with E-state index >= 15 is 0 Å². The van der Waals surface area contributed by atoms with Crippen LogP contribution < -0.4 is 5.32 Å². The van der Waals surface area contributed by atoms with Gasteiger partial charge in [0, 0.05) is 6.54 Å². The maximum Gasteiger partial charge on any atom is 0.509 e. The minimum atomic E-state index is -0.600. The van der Waals surface area contributed by atoms with Gasteiger partial charge in [-0.1, -0.05) is 13.3 Å². The monoisotopic (exact) mass is 231 g/mol. The maximum absolute atomic E-state index is 11.3. The average molecular weight is 231 g/mol. The van der Waals surface area contributed by atoms with Crippen molar-refractivity contribution in [3.05, 3.63) is 0 Å². The van der Waals surface area contributed by atoms with Crippen LogP contribution in [0.3, 0.4) is 0 Å². The molecular formula is C12H25NO3. The molecule has 0 aliphatic rings. The largest absolute Gasteiger partial charge is 0.509 e. The Bertz CT molecular complexity index is 199. The molecule has 4 heteroatoms. The topological polar surface area (TPSA) is 47.6 Å². The smallest absolute Gasteiger partial charge is 0.430 e. The molecule has 0 rings (SSSR count). The molecule has 1 unspecified atom stereocenters. The summed E-state index contributed by atoms with van der Waals surface area (Å²) in [5.41, 5.74) is -0.494. The summed E-state index contributed by atoms with van der Waals surface area (Å²) in [6.07, 6.45) is 1.54. The fourth-order valence-electron chi connectivity index (χ4n) is 1.09. The fraction of sp³-hybridized carbons (Fsp3) is 0.917. The van der Waals surface area contributed by atoms with Gasteiger partial charge in [-0.25, -0.2) is 4.79 Å². The van der Waals surface area contributed by atoms with Crippen LogP contribution in [0.1, 0.15) is 47.5 Å². The molecule has 0 aromatic rings. The predicted molar refractivity (Wildman–Crippen MR) is 64.6 cm³/mol. The average Bonchev–Trinajstić information content (AvgIpc) is 2.09. The molecule has 4 nitrogen and oxygen atoms in total. The summed E-state index contributed by atoms with van der Waals surface area (Å²) in [6.45, 7) is 11.1. The third-order valence-corrected chi connectivity index (χ3v) is 1.83. The van der Waals surface area contributed by atoms with Crippen molar-refractivity contribution < 1.29 is 14.3 Å². The van der Waals surface area contributed by atoms with Gasteiger partial charge in [0.1, 0.15) is 11.7 Å². The van der Waals surface area contributed by atoms with Gasteiger partial charge in [-0.15, -0.1) is 0 Å². The number of ether oxygens (including phenoxy) is 2. The summed E-state index contributed by atoms with van der Waals surface area (Å²) in [5, 5.41) is 3.22. The van der Waals surface area contributed by atoms with Gasteiger partial charge in [0.2, 0.25) is 0 Å². The van der Waals surface area contributed by atoms with Gasteiger partial charge in [0.25, 0.3) is 0 Å². The molecule has 0 saturated carbocycles. The molecule has 0 bridgehead atoms. The second-order valence-corrected chi connectivity index (χ2v) is 4.95. The predicted octanol–water partition coefficient (Wildman–Crippen LogP) is 2.72. The van der Waals surface area contributed by atoms with E-state index in [1.807, 2.05) is 27.7 Å². The Morgan fingerprint density at radius 2 is 2.00 bits per heavy atom. The van der Waals surface area contributed by atoms with Crippen LogP contribution in [0, 0.1) is 0 Å². The Hall–Kier alpha value is -0.770. The SMILES string of the molecule is CCCCNCC(C)OC(=O)OC(C)(C)C. The Morgan fingerprint density at radius 1 is 1.38 bits per heavy atom. The molecular weight excluding hydrogens is 206 g/mol. The third kappa shape index (κ3) is 9.77. The second kappa shape index (κ2) is 7.49. The van der Waals surface area contributed by atoms with Gasteiger partial charge in [-0.3, -0.25) is 0 Å². The molecule has 0 aliphatic heterocycles. The van der Waals surface area contributed by atoms with Crippen LogP contribution in [0.4, 0.5) is 4.79 Å². The van der Waals surface area contributed by atoms with Crippen molar-refractivity contribution in [1.29, 1.82) is 0 Å². The van der Waals surface area contributed by atoms with Gasteiger partial charge in [0.05, 0.1) is 0 Å². The van der Waals surface area contributed by atoms with Crippen LogP contribution in [-0.4, -0.2) is 30.9 Å². The maximum atomic E-state index is 11.3. The Labute approximate surface area is 98.7 Å². The quantitative estimate of drug-likeness (QED) is 0.564. The van der Waals surface area contributed by atoms with E-state index in [1.165, 1.54) is 0 Å². The lowest BCUT2D eigenvalue weighted by molar-refractivity contribution is -0.0228. The zero-order valence-electron chi connectivity index (χ0n) is 11.1. The number of hydrogen-bond donors (Lipinski definition) is 1. The van der Waals surface area contributed by atoms with E-state index in [2.05, 4.69) is 12.2 Å². The van der Waals surface area contributed by atoms with Crippen molar-refractivity contribution in [1.82, 2.24) is 5.32 Å². The summed E-state index contributed by atoms with van der Waals surface area (Å²) >= 11 is 0. The van der Waals surface area contributed by atoms with E-state index in [4.69, 9.17) is 9.47 Å². The van der Waals surface area contributed by atoms with Crippen LogP contribution in [0.15, 0.2) is 0 Å². The van der Waals surface area contributed by atoms with Crippen molar-refractivity contribution in [2.45, 2.75) is 59.2 Å². The number of nitrogens with one attached hydrogen (secondary N) is 1. The molecule has 16 heavy (non-hydrogen) atoms. The standard InChI is InChI=1S/C12H25NO3/c1-6-7-8-13-9-10(2)15-11(14)16-12(3,4)5/h10,13H,6-9H2,1-5H3. The first-order valence-electron chi connectivity index (χ1n) is 5.95. The highest BCUT2D eigenvalue weighted by Gasteiger charge is 2.19. The van der Waals surface area contributed by atoms with Gasteiger partial charge in [-0.2, -0.15) is 0 Å². The van der Waals surface area contributed by atoms with Crippen LogP contribution in [0.2, 0.25) is 0 Å². The first kappa shape index (κ1) is 15.2. The first-order chi connectivity index (χ1) is 7.35. The van der Waals surface area contributed by atoms with Crippen molar-refractivity contribution >= 4 is 6.16 Å². The van der Waals surface area contributed by atoms with E-state index in [0.717, 1.165) is 19.4 Å². The molecule has 0 radical (unpaired) electrons. The minimum absolute atomic E-state index is 0.160. The van der Waals surface area contributed by atoms with Crippen molar-refractivity contribution in [2.24, 2.45) is 0 Å². The van der Waals surface area contributed by atoms with E-state index in [9.17, 15) is 4.79 Å². The number of carbonyl (C=O) groups excluding carboxylic acids is 1. The minimum Gasteiger partial charge on any atom is -0.430 e. The molecule has 96 valence electrons. The Kier molecular flexibility index (Phi) is 7.13. The second-order valence-electron chi connectivity index (χ2n) is 4.95. The summed E-state index contributed by atoms with van der Waals surface area (Å²) in [7, 11) is 0. The van der Waals surface area contributed by atoms with Crippen LogP contribution in [-0.2, 0) is 9.47 Å². The summed E-state index contributed by atoms with van der Waals surface area (Å²) in [6, 6.07) is 0. The highest BCUT2D eigenvalue weighted by Crippen LogP contribution is 2.08. The zero-order chi connectivity index (χ0) is 12.6. The molecule has 1 atom stereocenters. The number of hydrogen-bond acceptors (Lipinski definition) is 4. The molecule has 0 aromatic heterocycles. The molecule has 1 N–H and O–H groups in total. The lowest BCUT2D eigenvalue weighted by Gasteiger charge is -2.21. The number of rotatable bonds is 6. The van der Waals surface area contributed by atoms with Crippen LogP contribution >= 0.6 is 0 Å². The molecule has 0 fully saturated rings. The van der Waals surface area contributed by atoms with Crippen LogP contribution in [0.25, 0.3) is 0 Å². The lowest BCUT2D eigenvalue weighted by atomic mass is 10.2. The lowest BCUT2D eigenvalue weighted by Crippen LogP contribution is -2.32. The number of carbonyl (C=O) groups is 1. The fourth-order valence-corrected chi connectivity index (χ4v) is 1.09. The highest BCUT2D eigenvalue weighted by atomic mass is 16.7. The van der Waals surface area contributed by atoms with Gasteiger partial charge >= 0.3 is 6.16 Å². The highest BCUT2D eigenvalue weighted by molar-refractivity contribution is 5.60. The Morgan fingerprint density at radius 3 is 2.50 bits per heavy atom.